The maximum absolute atomic E-state index is 12.9. The van der Waals surface area contributed by atoms with Crippen LogP contribution < -0.4 is 10.1 Å². The number of rotatable bonds is 6. The van der Waals surface area contributed by atoms with Crippen molar-refractivity contribution >= 4 is 33.9 Å². The molecule has 6 heteroatoms. The van der Waals surface area contributed by atoms with Crippen LogP contribution in [0.1, 0.15) is 38.2 Å². The number of nitrogens with one attached hydrogen (secondary N) is 1. The van der Waals surface area contributed by atoms with Gasteiger partial charge in [0, 0.05) is 5.92 Å². The summed E-state index contributed by atoms with van der Waals surface area (Å²) >= 11 is 3.45. The van der Waals surface area contributed by atoms with E-state index in [1.54, 1.807) is 24.3 Å². The van der Waals surface area contributed by atoms with Crippen LogP contribution in [0.2, 0.25) is 0 Å². The van der Waals surface area contributed by atoms with Gasteiger partial charge < -0.3 is 15.2 Å². The maximum Gasteiger partial charge on any atom is 0.352 e. The van der Waals surface area contributed by atoms with Crippen LogP contribution in [0.4, 0.5) is 0 Å². The van der Waals surface area contributed by atoms with E-state index in [2.05, 4.69) is 28.2 Å². The fourth-order valence-corrected chi connectivity index (χ4v) is 5.47. The number of halogens is 1. The molecule has 0 aliphatic heterocycles. The molecule has 0 spiro atoms. The first-order chi connectivity index (χ1) is 14.9. The van der Waals surface area contributed by atoms with Crippen LogP contribution in [0.5, 0.6) is 11.5 Å². The second-order valence-electron chi connectivity index (χ2n) is 8.53. The van der Waals surface area contributed by atoms with Gasteiger partial charge in [-0.2, -0.15) is 0 Å². The maximum atomic E-state index is 12.9. The Morgan fingerprint density at radius 2 is 1.81 bits per heavy atom. The summed E-state index contributed by atoms with van der Waals surface area (Å²) in [5.74, 6) is 1.45. The Bertz CT molecular complexity index is 1000. The average Bonchev–Trinajstić information content (AvgIpc) is 3.34. The standard InChI is InChI=1S/C25H26BrNO4/c1-15-13-20(19-6-4-5-18(15)19)24(28)27-22(25(29)30)14-16-9-11-17(12-10-16)31-23-8-3-2-7-21(23)26/h2-3,7-12,14-15,18-20H,4-6,13H2,1H3,(H,27,28)(H,29,30)/b22-14-. The SMILES string of the molecule is CC1CC(C(=O)N/C(=C\c2ccc(Oc3ccccc3Br)cc2)C(=O)O)C2CCCC12. The fraction of sp³-hybridized carbons (Fsp3) is 0.360. The zero-order valence-electron chi connectivity index (χ0n) is 17.4. The van der Waals surface area contributed by atoms with E-state index in [0.29, 0.717) is 34.8 Å². The normalized spacial score (nSPS) is 25.2. The lowest BCUT2D eigenvalue weighted by molar-refractivity contribution is -0.135. The number of benzene rings is 2. The van der Waals surface area contributed by atoms with Gasteiger partial charge in [0.2, 0.25) is 5.91 Å². The van der Waals surface area contributed by atoms with Gasteiger partial charge in [0.05, 0.1) is 4.47 Å². The summed E-state index contributed by atoms with van der Waals surface area (Å²) in [5, 5.41) is 12.3. The van der Waals surface area contributed by atoms with Gasteiger partial charge in [-0.15, -0.1) is 0 Å². The zero-order valence-corrected chi connectivity index (χ0v) is 19.0. The summed E-state index contributed by atoms with van der Waals surface area (Å²) in [4.78, 5) is 24.7. The molecule has 0 saturated heterocycles. The number of hydrogen-bond donors (Lipinski definition) is 2. The lowest BCUT2D eigenvalue weighted by Crippen LogP contribution is -2.34. The molecule has 4 unspecified atom stereocenters. The highest BCUT2D eigenvalue weighted by molar-refractivity contribution is 9.10. The van der Waals surface area contributed by atoms with E-state index in [0.717, 1.165) is 17.3 Å². The van der Waals surface area contributed by atoms with Gasteiger partial charge in [-0.3, -0.25) is 4.79 Å². The molecule has 5 nitrogen and oxygen atoms in total. The molecule has 162 valence electrons. The van der Waals surface area contributed by atoms with Crippen LogP contribution in [0.15, 0.2) is 58.7 Å². The van der Waals surface area contributed by atoms with Crippen molar-refractivity contribution in [3.63, 3.8) is 0 Å². The molecular weight excluding hydrogens is 458 g/mol. The predicted octanol–water partition coefficient (Wildman–Crippen LogP) is 5.86. The third-order valence-electron chi connectivity index (χ3n) is 6.58. The first-order valence-corrected chi connectivity index (χ1v) is 11.5. The molecule has 2 N–H and O–H groups in total. The highest BCUT2D eigenvalue weighted by Crippen LogP contribution is 2.50. The van der Waals surface area contributed by atoms with E-state index < -0.39 is 5.97 Å². The molecule has 0 bridgehead atoms. The summed E-state index contributed by atoms with van der Waals surface area (Å²) in [5.41, 5.74) is 0.578. The monoisotopic (exact) mass is 483 g/mol. The molecule has 31 heavy (non-hydrogen) atoms. The minimum absolute atomic E-state index is 0.0923. The average molecular weight is 484 g/mol. The highest BCUT2D eigenvalue weighted by atomic mass is 79.9. The Labute approximate surface area is 190 Å². The molecule has 4 atom stereocenters. The van der Waals surface area contributed by atoms with E-state index in [-0.39, 0.29) is 17.5 Å². The number of fused-ring (bicyclic) bond motifs is 1. The number of para-hydroxylation sites is 1. The second kappa shape index (κ2) is 9.27. The van der Waals surface area contributed by atoms with E-state index >= 15 is 0 Å². The number of carbonyl (C=O) groups is 2. The summed E-state index contributed by atoms with van der Waals surface area (Å²) in [6, 6.07) is 14.6. The van der Waals surface area contributed by atoms with Crippen LogP contribution in [0.3, 0.4) is 0 Å². The number of aliphatic carboxylic acids is 1. The van der Waals surface area contributed by atoms with Gasteiger partial charge in [0.15, 0.2) is 0 Å². The van der Waals surface area contributed by atoms with Crippen molar-refractivity contribution in [2.75, 3.05) is 0 Å². The lowest BCUT2D eigenvalue weighted by Gasteiger charge is -2.18. The van der Waals surface area contributed by atoms with Crippen molar-refractivity contribution < 1.29 is 19.4 Å². The number of hydrogen-bond acceptors (Lipinski definition) is 3. The molecule has 2 aliphatic rings. The lowest BCUT2D eigenvalue weighted by atomic mass is 9.90. The first kappa shape index (κ1) is 21.6. The van der Waals surface area contributed by atoms with Crippen molar-refractivity contribution in [3.05, 3.63) is 64.3 Å². The Balaban J connectivity index is 1.45. The van der Waals surface area contributed by atoms with Gasteiger partial charge in [-0.05, 0) is 88.9 Å². The molecular formula is C25H26BrNO4. The van der Waals surface area contributed by atoms with Crippen molar-refractivity contribution in [2.24, 2.45) is 23.7 Å². The van der Waals surface area contributed by atoms with Gasteiger partial charge in [0.1, 0.15) is 17.2 Å². The summed E-state index contributed by atoms with van der Waals surface area (Å²) in [6.07, 6.45) is 5.75. The molecule has 2 aliphatic carbocycles. The number of carbonyl (C=O) groups excluding carboxylic acids is 1. The zero-order chi connectivity index (χ0) is 22.0. The summed E-state index contributed by atoms with van der Waals surface area (Å²) < 4.78 is 6.69. The molecule has 0 aromatic heterocycles. The molecule has 4 rings (SSSR count). The topological polar surface area (TPSA) is 75.6 Å². The molecule has 0 radical (unpaired) electrons. The number of carboxylic acids is 1. The molecule has 0 heterocycles. The van der Waals surface area contributed by atoms with Crippen LogP contribution in [0, 0.1) is 23.7 Å². The van der Waals surface area contributed by atoms with Crippen molar-refractivity contribution in [1.29, 1.82) is 0 Å². The van der Waals surface area contributed by atoms with Gasteiger partial charge in [0.25, 0.3) is 0 Å². The van der Waals surface area contributed by atoms with Crippen LogP contribution >= 0.6 is 15.9 Å². The van der Waals surface area contributed by atoms with Gasteiger partial charge in [-0.1, -0.05) is 37.6 Å². The Hall–Kier alpha value is -2.60. The Morgan fingerprint density at radius 3 is 2.52 bits per heavy atom. The van der Waals surface area contributed by atoms with Crippen LogP contribution in [-0.4, -0.2) is 17.0 Å². The summed E-state index contributed by atoms with van der Waals surface area (Å²) in [7, 11) is 0. The number of amides is 1. The van der Waals surface area contributed by atoms with Gasteiger partial charge in [-0.25, -0.2) is 4.79 Å². The molecule has 1 amide bonds. The van der Waals surface area contributed by atoms with E-state index in [9.17, 15) is 14.7 Å². The predicted molar refractivity (Wildman–Crippen MR) is 123 cm³/mol. The van der Waals surface area contributed by atoms with E-state index in [1.165, 1.54) is 18.9 Å². The van der Waals surface area contributed by atoms with Crippen LogP contribution in [0.25, 0.3) is 6.08 Å². The second-order valence-corrected chi connectivity index (χ2v) is 9.39. The first-order valence-electron chi connectivity index (χ1n) is 10.7. The number of carboxylic acid groups (broad SMARTS) is 1. The third kappa shape index (κ3) is 4.85. The molecule has 2 aromatic carbocycles. The summed E-state index contributed by atoms with van der Waals surface area (Å²) in [6.45, 7) is 2.21. The van der Waals surface area contributed by atoms with Crippen molar-refractivity contribution in [2.45, 2.75) is 32.6 Å². The van der Waals surface area contributed by atoms with Crippen LogP contribution in [-0.2, 0) is 9.59 Å². The fourth-order valence-electron chi connectivity index (χ4n) is 5.11. The minimum Gasteiger partial charge on any atom is -0.477 e. The van der Waals surface area contributed by atoms with Crippen molar-refractivity contribution in [1.82, 2.24) is 5.32 Å². The molecule has 2 saturated carbocycles. The molecule has 2 aromatic rings. The smallest absolute Gasteiger partial charge is 0.352 e. The number of ether oxygens (including phenoxy) is 1. The Kier molecular flexibility index (Phi) is 6.46. The van der Waals surface area contributed by atoms with Crippen molar-refractivity contribution in [3.8, 4) is 11.5 Å². The van der Waals surface area contributed by atoms with E-state index in [4.69, 9.17) is 4.74 Å². The highest BCUT2D eigenvalue weighted by Gasteiger charge is 2.46. The van der Waals surface area contributed by atoms with E-state index in [1.807, 2.05) is 24.3 Å². The quantitative estimate of drug-likeness (QED) is 0.504. The Morgan fingerprint density at radius 1 is 1.10 bits per heavy atom. The minimum atomic E-state index is -1.14. The molecule has 2 fully saturated rings. The largest absolute Gasteiger partial charge is 0.477 e. The van der Waals surface area contributed by atoms with Gasteiger partial charge >= 0.3 is 5.97 Å². The third-order valence-corrected chi connectivity index (χ3v) is 7.23.